The minimum Gasteiger partial charge on any atom is -0.301 e. The standard InChI is InChI=1S/C18H16N2OS2/c1-13-12-22-18(19-13)20-17(21)16(14-8-4-2-5-9-14)23-15-10-6-3-7-11-15/h2-12,16H,1H3,(H,19,20,21)/t16-/m0/s1. The van der Waals surface area contributed by atoms with Crippen LogP contribution in [0, 0.1) is 6.92 Å². The minimum absolute atomic E-state index is 0.0561. The van der Waals surface area contributed by atoms with E-state index in [1.807, 2.05) is 73.0 Å². The second kappa shape index (κ2) is 7.44. The number of aryl methyl sites for hydroxylation is 1. The molecule has 0 saturated carbocycles. The fourth-order valence-electron chi connectivity index (χ4n) is 2.12. The lowest BCUT2D eigenvalue weighted by Gasteiger charge is -2.16. The van der Waals surface area contributed by atoms with Gasteiger partial charge >= 0.3 is 0 Å². The Morgan fingerprint density at radius 1 is 1.09 bits per heavy atom. The van der Waals surface area contributed by atoms with Gasteiger partial charge in [-0.2, -0.15) is 0 Å². The molecule has 0 unspecified atom stereocenters. The zero-order chi connectivity index (χ0) is 16.1. The van der Waals surface area contributed by atoms with Gasteiger partial charge < -0.3 is 5.32 Å². The molecule has 1 amide bonds. The van der Waals surface area contributed by atoms with Crippen LogP contribution >= 0.6 is 23.1 Å². The van der Waals surface area contributed by atoms with Gasteiger partial charge in [0.25, 0.3) is 0 Å². The molecule has 0 aliphatic carbocycles. The Labute approximate surface area is 143 Å². The van der Waals surface area contributed by atoms with Crippen LogP contribution in [0.25, 0.3) is 0 Å². The van der Waals surface area contributed by atoms with E-state index in [4.69, 9.17) is 0 Å². The highest BCUT2D eigenvalue weighted by Gasteiger charge is 2.22. The molecule has 0 fully saturated rings. The Morgan fingerprint density at radius 2 is 1.74 bits per heavy atom. The maximum atomic E-state index is 12.8. The van der Waals surface area contributed by atoms with Crippen LogP contribution in [0.15, 0.2) is 70.9 Å². The van der Waals surface area contributed by atoms with E-state index in [0.29, 0.717) is 5.13 Å². The predicted molar refractivity (Wildman–Crippen MR) is 97.0 cm³/mol. The Kier molecular flexibility index (Phi) is 5.10. The van der Waals surface area contributed by atoms with E-state index in [1.165, 1.54) is 11.3 Å². The van der Waals surface area contributed by atoms with E-state index in [-0.39, 0.29) is 11.2 Å². The van der Waals surface area contributed by atoms with Crippen molar-refractivity contribution in [1.82, 2.24) is 4.98 Å². The maximum absolute atomic E-state index is 12.8. The average Bonchev–Trinajstić information content (AvgIpc) is 2.99. The topological polar surface area (TPSA) is 42.0 Å². The van der Waals surface area contributed by atoms with Gasteiger partial charge in [-0.05, 0) is 24.6 Å². The van der Waals surface area contributed by atoms with Gasteiger partial charge in [0.15, 0.2) is 5.13 Å². The summed E-state index contributed by atoms with van der Waals surface area (Å²) >= 11 is 2.99. The largest absolute Gasteiger partial charge is 0.301 e. The first-order valence-electron chi connectivity index (χ1n) is 7.22. The SMILES string of the molecule is Cc1csc(NC(=O)[C@@H](Sc2ccccc2)c2ccccc2)n1. The molecule has 3 rings (SSSR count). The fourth-order valence-corrected chi connectivity index (χ4v) is 3.85. The van der Waals surface area contributed by atoms with Gasteiger partial charge in [-0.15, -0.1) is 23.1 Å². The fraction of sp³-hybridized carbons (Fsp3) is 0.111. The third-order valence-electron chi connectivity index (χ3n) is 3.19. The summed E-state index contributed by atoms with van der Waals surface area (Å²) in [6.07, 6.45) is 0. The van der Waals surface area contributed by atoms with Gasteiger partial charge in [0.05, 0.1) is 5.69 Å². The van der Waals surface area contributed by atoms with Crippen LogP contribution in [-0.4, -0.2) is 10.9 Å². The van der Waals surface area contributed by atoms with E-state index in [0.717, 1.165) is 16.2 Å². The van der Waals surface area contributed by atoms with E-state index in [9.17, 15) is 4.79 Å². The quantitative estimate of drug-likeness (QED) is 0.670. The van der Waals surface area contributed by atoms with E-state index >= 15 is 0 Å². The number of thioether (sulfide) groups is 1. The van der Waals surface area contributed by atoms with Gasteiger partial charge in [-0.3, -0.25) is 4.79 Å². The summed E-state index contributed by atoms with van der Waals surface area (Å²) in [5.74, 6) is -0.0561. The number of thiazole rings is 1. The number of amides is 1. The van der Waals surface area contributed by atoms with Gasteiger partial charge in [0.2, 0.25) is 5.91 Å². The highest BCUT2D eigenvalue weighted by atomic mass is 32.2. The molecule has 2 aromatic carbocycles. The van der Waals surface area contributed by atoms with Crippen molar-refractivity contribution in [2.75, 3.05) is 5.32 Å². The molecule has 1 aromatic heterocycles. The van der Waals surface area contributed by atoms with E-state index in [2.05, 4.69) is 10.3 Å². The molecule has 0 radical (unpaired) electrons. The van der Waals surface area contributed by atoms with Crippen molar-refractivity contribution in [3.05, 3.63) is 77.3 Å². The van der Waals surface area contributed by atoms with Gasteiger partial charge in [0.1, 0.15) is 5.25 Å². The lowest BCUT2D eigenvalue weighted by molar-refractivity contribution is -0.115. The molecule has 1 N–H and O–H groups in total. The minimum atomic E-state index is -0.317. The number of hydrogen-bond acceptors (Lipinski definition) is 4. The number of carbonyl (C=O) groups excluding carboxylic acids is 1. The van der Waals surface area contributed by atoms with Crippen LogP contribution in [0.2, 0.25) is 0 Å². The Morgan fingerprint density at radius 3 is 2.35 bits per heavy atom. The van der Waals surface area contributed by atoms with Crippen LogP contribution in [0.3, 0.4) is 0 Å². The molecule has 0 aliphatic rings. The van der Waals surface area contributed by atoms with Crippen LogP contribution in [0.1, 0.15) is 16.5 Å². The van der Waals surface area contributed by atoms with E-state index < -0.39 is 0 Å². The number of nitrogens with zero attached hydrogens (tertiary/aromatic N) is 1. The summed E-state index contributed by atoms with van der Waals surface area (Å²) in [5.41, 5.74) is 1.89. The monoisotopic (exact) mass is 340 g/mol. The number of aromatic nitrogens is 1. The zero-order valence-electron chi connectivity index (χ0n) is 12.6. The van der Waals surface area contributed by atoms with Crippen molar-refractivity contribution >= 4 is 34.1 Å². The van der Waals surface area contributed by atoms with Crippen molar-refractivity contribution < 1.29 is 4.79 Å². The second-order valence-corrected chi connectivity index (χ2v) is 7.04. The summed E-state index contributed by atoms with van der Waals surface area (Å²) in [6.45, 7) is 1.92. The number of rotatable bonds is 5. The highest BCUT2D eigenvalue weighted by molar-refractivity contribution is 8.00. The number of benzene rings is 2. The van der Waals surface area contributed by atoms with Crippen molar-refractivity contribution in [2.24, 2.45) is 0 Å². The molecule has 1 heterocycles. The normalized spacial score (nSPS) is 11.9. The maximum Gasteiger partial charge on any atom is 0.244 e. The first-order chi connectivity index (χ1) is 11.2. The highest BCUT2D eigenvalue weighted by Crippen LogP contribution is 2.36. The van der Waals surface area contributed by atoms with Crippen LogP contribution in [-0.2, 0) is 4.79 Å². The molecule has 116 valence electrons. The van der Waals surface area contributed by atoms with Gasteiger partial charge in [-0.1, -0.05) is 48.5 Å². The number of anilines is 1. The molecule has 23 heavy (non-hydrogen) atoms. The smallest absolute Gasteiger partial charge is 0.244 e. The molecular formula is C18H16N2OS2. The van der Waals surface area contributed by atoms with Crippen LogP contribution < -0.4 is 5.32 Å². The number of nitrogens with one attached hydrogen (secondary N) is 1. The molecule has 0 saturated heterocycles. The summed E-state index contributed by atoms with van der Waals surface area (Å²) in [5, 5.41) is 5.18. The molecule has 5 heteroatoms. The molecular weight excluding hydrogens is 324 g/mol. The van der Waals surface area contributed by atoms with Crippen molar-refractivity contribution in [1.29, 1.82) is 0 Å². The summed E-state index contributed by atoms with van der Waals surface area (Å²) < 4.78 is 0. The molecule has 0 spiro atoms. The lowest BCUT2D eigenvalue weighted by Crippen LogP contribution is -2.18. The molecule has 1 atom stereocenters. The summed E-state index contributed by atoms with van der Waals surface area (Å²) in [7, 11) is 0. The first-order valence-corrected chi connectivity index (χ1v) is 8.98. The lowest BCUT2D eigenvalue weighted by atomic mass is 10.1. The zero-order valence-corrected chi connectivity index (χ0v) is 14.2. The number of carbonyl (C=O) groups is 1. The molecule has 3 aromatic rings. The van der Waals surface area contributed by atoms with Crippen molar-refractivity contribution in [2.45, 2.75) is 17.1 Å². The Hall–Kier alpha value is -2.11. The molecule has 0 bridgehead atoms. The van der Waals surface area contributed by atoms with Crippen molar-refractivity contribution in [3.8, 4) is 0 Å². The second-order valence-electron chi connectivity index (χ2n) is 5.00. The van der Waals surface area contributed by atoms with Gasteiger partial charge in [-0.25, -0.2) is 4.98 Å². The molecule has 3 nitrogen and oxygen atoms in total. The van der Waals surface area contributed by atoms with E-state index in [1.54, 1.807) is 11.8 Å². The third kappa shape index (κ3) is 4.21. The van der Waals surface area contributed by atoms with Gasteiger partial charge in [0, 0.05) is 10.3 Å². The molecule has 0 aliphatic heterocycles. The van der Waals surface area contributed by atoms with Crippen LogP contribution in [0.5, 0.6) is 0 Å². The number of hydrogen-bond donors (Lipinski definition) is 1. The summed E-state index contributed by atoms with van der Waals surface area (Å²) in [4.78, 5) is 18.1. The third-order valence-corrected chi connectivity index (χ3v) is 5.33. The Balaban J connectivity index is 1.84. The average molecular weight is 340 g/mol. The predicted octanol–water partition coefficient (Wildman–Crippen LogP) is 4.92. The van der Waals surface area contributed by atoms with Crippen molar-refractivity contribution in [3.63, 3.8) is 0 Å². The first kappa shape index (κ1) is 15.8. The Bertz CT molecular complexity index is 772. The summed E-state index contributed by atoms with van der Waals surface area (Å²) in [6, 6.07) is 19.8. The van der Waals surface area contributed by atoms with Crippen LogP contribution in [0.4, 0.5) is 5.13 Å².